The van der Waals surface area contributed by atoms with Crippen LogP contribution in [0.2, 0.25) is 19.6 Å². The van der Waals surface area contributed by atoms with Crippen molar-refractivity contribution < 1.29 is 24.5 Å². The summed E-state index contributed by atoms with van der Waals surface area (Å²) in [6, 6.07) is 32.9. The van der Waals surface area contributed by atoms with E-state index in [4.69, 9.17) is 9.40 Å². The van der Waals surface area contributed by atoms with Gasteiger partial charge < -0.3 is 14.4 Å². The molecule has 3 nitrogen and oxygen atoms in total. The second kappa shape index (κ2) is 11.6. The zero-order valence-electron chi connectivity index (χ0n) is 22.3. The van der Waals surface area contributed by atoms with Crippen LogP contribution in [0.1, 0.15) is 11.1 Å². The molecular weight excluding hydrogens is 661 g/mol. The Kier molecular flexibility index (Phi) is 8.42. The van der Waals surface area contributed by atoms with Crippen molar-refractivity contribution in [3.63, 3.8) is 0 Å². The van der Waals surface area contributed by atoms with E-state index < -0.39 is 8.07 Å². The minimum absolute atomic E-state index is 0. The van der Waals surface area contributed by atoms with Gasteiger partial charge in [-0.05, 0) is 29.4 Å². The molecular formula is C33H30IrN2OSi-2. The van der Waals surface area contributed by atoms with Crippen molar-refractivity contribution in [2.45, 2.75) is 33.5 Å². The normalized spacial score (nSPS) is 11.1. The summed E-state index contributed by atoms with van der Waals surface area (Å²) in [5.74, 6) is 0. The smallest absolute Gasteiger partial charge is 0.134 e. The zero-order chi connectivity index (χ0) is 26.0. The van der Waals surface area contributed by atoms with E-state index in [-0.39, 0.29) is 20.1 Å². The summed E-state index contributed by atoms with van der Waals surface area (Å²) < 4.78 is 6.21. The van der Waals surface area contributed by atoms with E-state index in [0.29, 0.717) is 0 Å². The number of rotatable bonds is 3. The van der Waals surface area contributed by atoms with Gasteiger partial charge in [-0.1, -0.05) is 56.9 Å². The summed E-state index contributed by atoms with van der Waals surface area (Å²) in [5.41, 5.74) is 8.09. The molecule has 38 heavy (non-hydrogen) atoms. The van der Waals surface area contributed by atoms with Crippen molar-refractivity contribution in [1.82, 2.24) is 9.97 Å². The Labute approximate surface area is 239 Å². The monoisotopic (exact) mass is 691 g/mol. The maximum atomic E-state index is 6.21. The Morgan fingerprint density at radius 2 is 1.50 bits per heavy atom. The van der Waals surface area contributed by atoms with Crippen LogP contribution < -0.4 is 5.19 Å². The molecule has 0 saturated carbocycles. The molecule has 0 bridgehead atoms. The van der Waals surface area contributed by atoms with Gasteiger partial charge in [-0.3, -0.25) is 0 Å². The number of furan rings is 1. The molecule has 3 heterocycles. The van der Waals surface area contributed by atoms with E-state index in [2.05, 4.69) is 67.9 Å². The Bertz CT molecular complexity index is 1610. The first kappa shape index (κ1) is 27.7. The molecule has 6 aromatic rings. The Morgan fingerprint density at radius 1 is 0.737 bits per heavy atom. The largest absolute Gasteiger partial charge is 0.464 e. The standard InChI is InChI=1S/C20H18NOSi.C13H12N.Ir/c1-23(2,3)17-13-21-19(14-9-5-4-6-10-14)20-18(17)15-11-7-8-12-16(15)22-20;1-10-3-6-12(7-4-10)13-8-5-11(2)9-14-13;/h4-9,11-13H,1-3H3;3-6,8-9H,1-2H3;/q2*-1;. The third-order valence-corrected chi connectivity index (χ3v) is 8.33. The van der Waals surface area contributed by atoms with Crippen molar-refractivity contribution >= 4 is 35.2 Å². The fourth-order valence-electron chi connectivity index (χ4n) is 4.32. The number of aromatic nitrogens is 2. The summed E-state index contributed by atoms with van der Waals surface area (Å²) in [6.45, 7) is 11.1. The third kappa shape index (κ3) is 5.86. The van der Waals surface area contributed by atoms with Gasteiger partial charge in [0, 0.05) is 49.0 Å². The van der Waals surface area contributed by atoms with Crippen LogP contribution in [-0.4, -0.2) is 18.0 Å². The molecule has 5 heteroatoms. The molecule has 0 aliphatic carbocycles. The summed E-state index contributed by atoms with van der Waals surface area (Å²) in [5, 5.41) is 3.75. The fourth-order valence-corrected chi connectivity index (χ4v) is 5.77. The topological polar surface area (TPSA) is 38.9 Å². The summed E-state index contributed by atoms with van der Waals surface area (Å²) >= 11 is 0. The Hall–Kier alpha value is -3.37. The second-order valence-corrected chi connectivity index (χ2v) is 15.4. The first-order valence-electron chi connectivity index (χ1n) is 12.5. The average Bonchev–Trinajstić information content (AvgIpc) is 3.29. The quantitative estimate of drug-likeness (QED) is 0.139. The van der Waals surface area contributed by atoms with Crippen molar-refractivity contribution in [2.24, 2.45) is 0 Å². The van der Waals surface area contributed by atoms with Crippen molar-refractivity contribution in [2.75, 3.05) is 0 Å². The second-order valence-electron chi connectivity index (χ2n) is 10.3. The minimum atomic E-state index is -1.54. The van der Waals surface area contributed by atoms with Crippen LogP contribution in [0.25, 0.3) is 44.5 Å². The summed E-state index contributed by atoms with van der Waals surface area (Å²) in [4.78, 5) is 9.10. The van der Waals surface area contributed by atoms with E-state index >= 15 is 0 Å². The Balaban J connectivity index is 0.000000193. The van der Waals surface area contributed by atoms with Crippen molar-refractivity contribution in [3.8, 4) is 22.5 Å². The molecule has 0 fully saturated rings. The third-order valence-electron chi connectivity index (χ3n) is 6.33. The molecule has 1 radical (unpaired) electrons. The predicted octanol–water partition coefficient (Wildman–Crippen LogP) is 8.16. The fraction of sp³-hybridized carbons (Fsp3) is 0.152. The summed E-state index contributed by atoms with van der Waals surface area (Å²) in [7, 11) is -1.54. The van der Waals surface area contributed by atoms with Crippen LogP contribution in [0, 0.1) is 26.0 Å². The van der Waals surface area contributed by atoms with Crippen LogP contribution in [0.15, 0.2) is 95.7 Å². The maximum absolute atomic E-state index is 6.21. The zero-order valence-corrected chi connectivity index (χ0v) is 25.7. The SMILES string of the molecule is C[Si](C)(C)c1cnc(-c2[c-]cccc2)c2oc3ccccc3c12.Cc1c[c-]c(-c2ccc(C)cn2)cc1.[Ir]. The van der Waals surface area contributed by atoms with Crippen LogP contribution >= 0.6 is 0 Å². The number of hydrogen-bond donors (Lipinski definition) is 0. The van der Waals surface area contributed by atoms with Crippen molar-refractivity contribution in [1.29, 1.82) is 0 Å². The van der Waals surface area contributed by atoms with Gasteiger partial charge in [0.15, 0.2) is 0 Å². The minimum Gasteiger partial charge on any atom is -0.464 e. The molecule has 0 saturated heterocycles. The van der Waals surface area contributed by atoms with Gasteiger partial charge in [-0.15, -0.1) is 71.3 Å². The van der Waals surface area contributed by atoms with Gasteiger partial charge in [0.25, 0.3) is 0 Å². The molecule has 0 aliphatic rings. The van der Waals surface area contributed by atoms with Gasteiger partial charge in [0.2, 0.25) is 0 Å². The van der Waals surface area contributed by atoms with Crippen molar-refractivity contribution in [3.05, 3.63) is 115 Å². The molecule has 193 valence electrons. The van der Waals surface area contributed by atoms with Gasteiger partial charge in [0.05, 0.1) is 8.07 Å². The van der Waals surface area contributed by atoms with Gasteiger partial charge in [-0.25, -0.2) is 0 Å². The summed E-state index contributed by atoms with van der Waals surface area (Å²) in [6.07, 6.45) is 3.93. The van der Waals surface area contributed by atoms with Gasteiger partial charge in [0.1, 0.15) is 11.2 Å². The number of hydrogen-bond acceptors (Lipinski definition) is 3. The van der Waals surface area contributed by atoms with E-state index in [1.165, 1.54) is 27.1 Å². The van der Waals surface area contributed by atoms with Crippen LogP contribution in [0.4, 0.5) is 0 Å². The van der Waals surface area contributed by atoms with E-state index in [0.717, 1.165) is 33.7 Å². The van der Waals surface area contributed by atoms with E-state index in [9.17, 15) is 0 Å². The van der Waals surface area contributed by atoms with Gasteiger partial charge in [-0.2, -0.15) is 0 Å². The number of nitrogens with zero attached hydrogens (tertiary/aromatic N) is 2. The number of aryl methyl sites for hydroxylation is 2. The number of fused-ring (bicyclic) bond motifs is 3. The first-order chi connectivity index (χ1) is 17.8. The Morgan fingerprint density at radius 3 is 2.16 bits per heavy atom. The molecule has 6 rings (SSSR count). The van der Waals surface area contributed by atoms with Crippen LogP contribution in [0.5, 0.6) is 0 Å². The number of benzene rings is 3. The molecule has 0 spiro atoms. The predicted molar refractivity (Wildman–Crippen MR) is 157 cm³/mol. The van der Waals surface area contributed by atoms with Gasteiger partial charge >= 0.3 is 0 Å². The number of para-hydroxylation sites is 1. The molecule has 3 aromatic heterocycles. The maximum Gasteiger partial charge on any atom is 0.134 e. The molecule has 0 atom stereocenters. The van der Waals surface area contributed by atoms with Crippen LogP contribution in [-0.2, 0) is 20.1 Å². The molecule has 0 amide bonds. The molecule has 0 unspecified atom stereocenters. The average molecular weight is 691 g/mol. The number of pyridine rings is 2. The first-order valence-corrected chi connectivity index (χ1v) is 16.0. The molecule has 0 aliphatic heterocycles. The molecule has 3 aromatic carbocycles. The van der Waals surface area contributed by atoms with Crippen LogP contribution in [0.3, 0.4) is 0 Å². The van der Waals surface area contributed by atoms with E-state index in [1.54, 1.807) is 0 Å². The van der Waals surface area contributed by atoms with E-state index in [1.807, 2.05) is 73.9 Å². The molecule has 0 N–H and O–H groups in total.